The van der Waals surface area contributed by atoms with Crippen LogP contribution in [0.4, 0.5) is 18.9 Å². The molecular formula is C25H18F3N5O5. The molecule has 5 rings (SSSR count). The summed E-state index contributed by atoms with van der Waals surface area (Å²) in [6.07, 6.45) is -3.37. The summed E-state index contributed by atoms with van der Waals surface area (Å²) in [5.41, 5.74) is 4.24. The SMILES string of the molecule is Cn1cc(C(=O)Nc2cccc3[nH]nc(C(=O)O)c23)c2nc(-c3ccccc3)ccc21.O=C(O)C(F)(F)F. The number of carbonyl (C=O) groups is 3. The molecule has 0 aliphatic heterocycles. The van der Waals surface area contributed by atoms with Gasteiger partial charge in [-0.3, -0.25) is 9.89 Å². The molecule has 38 heavy (non-hydrogen) atoms. The first kappa shape index (κ1) is 25.9. The van der Waals surface area contributed by atoms with E-state index in [1.165, 1.54) is 0 Å². The molecule has 5 aromatic rings. The van der Waals surface area contributed by atoms with Gasteiger partial charge in [0.2, 0.25) is 0 Å². The van der Waals surface area contributed by atoms with Crippen molar-refractivity contribution in [2.45, 2.75) is 6.18 Å². The smallest absolute Gasteiger partial charge is 0.476 e. The standard InChI is InChI=1S/C23H17N5O3.C2HF3O2/c1-28-12-14(20-18(28)11-10-15(24-20)13-6-3-2-4-7-13)22(29)25-16-8-5-9-17-19(16)21(23(30)31)27-26-17;3-2(4,5)1(6)7/h2-12H,1H3,(H,25,29)(H,26,27)(H,30,31);(H,6,7). The molecule has 2 aromatic carbocycles. The van der Waals surface area contributed by atoms with E-state index in [9.17, 15) is 27.9 Å². The van der Waals surface area contributed by atoms with Crippen molar-refractivity contribution in [3.8, 4) is 11.3 Å². The van der Waals surface area contributed by atoms with Crippen LogP contribution in [-0.4, -0.2) is 54.0 Å². The van der Waals surface area contributed by atoms with Gasteiger partial charge < -0.3 is 20.1 Å². The Kier molecular flexibility index (Phi) is 6.84. The monoisotopic (exact) mass is 525 g/mol. The third-order valence-corrected chi connectivity index (χ3v) is 5.43. The van der Waals surface area contributed by atoms with Crippen LogP contribution in [0, 0.1) is 0 Å². The second-order valence-corrected chi connectivity index (χ2v) is 7.95. The average molecular weight is 525 g/mol. The molecule has 0 saturated heterocycles. The fourth-order valence-electron chi connectivity index (χ4n) is 3.72. The van der Waals surface area contributed by atoms with Crippen LogP contribution in [0.2, 0.25) is 0 Å². The lowest BCUT2D eigenvalue weighted by Gasteiger charge is -2.07. The van der Waals surface area contributed by atoms with Crippen LogP contribution in [0.25, 0.3) is 33.2 Å². The molecule has 0 atom stereocenters. The summed E-state index contributed by atoms with van der Waals surface area (Å²) in [4.78, 5) is 38.3. The van der Waals surface area contributed by atoms with Gasteiger partial charge in [0.1, 0.15) is 5.52 Å². The molecule has 1 amide bonds. The minimum atomic E-state index is -5.08. The van der Waals surface area contributed by atoms with Gasteiger partial charge in [-0.25, -0.2) is 14.6 Å². The molecule has 0 spiro atoms. The van der Waals surface area contributed by atoms with Crippen LogP contribution in [-0.2, 0) is 11.8 Å². The summed E-state index contributed by atoms with van der Waals surface area (Å²) in [6, 6.07) is 18.7. The molecule has 3 aromatic heterocycles. The molecule has 0 aliphatic rings. The molecule has 194 valence electrons. The van der Waals surface area contributed by atoms with Gasteiger partial charge in [0.05, 0.1) is 33.4 Å². The van der Waals surface area contributed by atoms with Crippen LogP contribution >= 0.6 is 0 Å². The number of nitrogens with one attached hydrogen (secondary N) is 2. The molecular weight excluding hydrogens is 507 g/mol. The number of rotatable bonds is 4. The van der Waals surface area contributed by atoms with E-state index in [1.807, 2.05) is 54.1 Å². The summed E-state index contributed by atoms with van der Waals surface area (Å²) in [5, 5.41) is 26.3. The number of aryl methyl sites for hydroxylation is 1. The number of carboxylic acids is 2. The number of aromatic amines is 1. The first-order chi connectivity index (χ1) is 18.0. The van der Waals surface area contributed by atoms with Gasteiger partial charge >= 0.3 is 18.1 Å². The molecule has 0 aliphatic carbocycles. The maximum absolute atomic E-state index is 13.2. The lowest BCUT2D eigenvalue weighted by atomic mass is 10.1. The van der Waals surface area contributed by atoms with Crippen LogP contribution in [0.1, 0.15) is 20.8 Å². The maximum Gasteiger partial charge on any atom is 0.490 e. The van der Waals surface area contributed by atoms with Crippen molar-refractivity contribution in [1.29, 1.82) is 0 Å². The number of anilines is 1. The average Bonchev–Trinajstić information content (AvgIpc) is 3.46. The molecule has 3 heterocycles. The number of nitrogens with zero attached hydrogens (tertiary/aromatic N) is 3. The molecule has 0 saturated carbocycles. The Morgan fingerprint density at radius 2 is 1.66 bits per heavy atom. The molecule has 0 unspecified atom stereocenters. The van der Waals surface area contributed by atoms with Crippen molar-refractivity contribution < 1.29 is 37.8 Å². The maximum atomic E-state index is 13.2. The van der Waals surface area contributed by atoms with Crippen molar-refractivity contribution in [3.05, 3.63) is 78.1 Å². The Morgan fingerprint density at radius 1 is 0.974 bits per heavy atom. The Hall–Kier alpha value is -5.20. The Labute approximate surface area is 211 Å². The number of H-pyrrole nitrogens is 1. The molecule has 0 fully saturated rings. The Bertz CT molecular complexity index is 1680. The highest BCUT2D eigenvalue weighted by molar-refractivity contribution is 6.16. The van der Waals surface area contributed by atoms with Gasteiger partial charge in [0, 0.05) is 18.8 Å². The third-order valence-electron chi connectivity index (χ3n) is 5.43. The zero-order chi connectivity index (χ0) is 27.6. The van der Waals surface area contributed by atoms with E-state index in [-0.39, 0.29) is 11.6 Å². The third kappa shape index (κ3) is 5.16. The Morgan fingerprint density at radius 3 is 2.29 bits per heavy atom. The van der Waals surface area contributed by atoms with Crippen molar-refractivity contribution in [1.82, 2.24) is 19.7 Å². The summed E-state index contributed by atoms with van der Waals surface area (Å²) >= 11 is 0. The zero-order valence-corrected chi connectivity index (χ0v) is 19.4. The second-order valence-electron chi connectivity index (χ2n) is 7.95. The first-order valence-electron chi connectivity index (χ1n) is 10.8. The van der Waals surface area contributed by atoms with E-state index in [4.69, 9.17) is 14.9 Å². The van der Waals surface area contributed by atoms with Crippen LogP contribution in [0.5, 0.6) is 0 Å². The minimum Gasteiger partial charge on any atom is -0.476 e. The van der Waals surface area contributed by atoms with Crippen LogP contribution in [0.15, 0.2) is 66.9 Å². The number of alkyl halides is 3. The highest BCUT2D eigenvalue weighted by atomic mass is 19.4. The second kappa shape index (κ2) is 10.0. The van der Waals surface area contributed by atoms with Crippen LogP contribution < -0.4 is 5.32 Å². The van der Waals surface area contributed by atoms with Crippen molar-refractivity contribution in [2.75, 3.05) is 5.32 Å². The number of carbonyl (C=O) groups excluding carboxylic acids is 1. The van der Waals surface area contributed by atoms with Gasteiger partial charge in [-0.2, -0.15) is 18.3 Å². The minimum absolute atomic E-state index is 0.145. The highest BCUT2D eigenvalue weighted by Crippen LogP contribution is 2.28. The van der Waals surface area contributed by atoms with Gasteiger partial charge in [-0.15, -0.1) is 0 Å². The molecule has 10 nitrogen and oxygen atoms in total. The number of fused-ring (bicyclic) bond motifs is 2. The van der Waals surface area contributed by atoms with Gasteiger partial charge in [-0.1, -0.05) is 36.4 Å². The highest BCUT2D eigenvalue weighted by Gasteiger charge is 2.38. The van der Waals surface area contributed by atoms with Gasteiger partial charge in [-0.05, 0) is 24.3 Å². The number of amides is 1. The van der Waals surface area contributed by atoms with E-state index in [2.05, 4.69) is 15.5 Å². The molecule has 0 bridgehead atoms. The first-order valence-corrected chi connectivity index (χ1v) is 10.8. The van der Waals surface area contributed by atoms with Crippen molar-refractivity contribution in [2.24, 2.45) is 7.05 Å². The van der Waals surface area contributed by atoms with Gasteiger partial charge in [0.15, 0.2) is 5.69 Å². The molecule has 0 radical (unpaired) electrons. The van der Waals surface area contributed by atoms with Gasteiger partial charge in [0.25, 0.3) is 5.91 Å². The molecule has 4 N–H and O–H groups in total. The van der Waals surface area contributed by atoms with E-state index >= 15 is 0 Å². The normalized spacial score (nSPS) is 11.2. The quantitative estimate of drug-likeness (QED) is 0.266. The fourth-order valence-corrected chi connectivity index (χ4v) is 3.72. The fraction of sp³-hybridized carbons (Fsp3) is 0.0800. The number of hydrogen-bond acceptors (Lipinski definition) is 5. The van der Waals surface area contributed by atoms with E-state index < -0.39 is 18.1 Å². The summed E-state index contributed by atoms with van der Waals surface area (Å²) in [6.45, 7) is 0. The van der Waals surface area contributed by atoms with Crippen molar-refractivity contribution in [3.63, 3.8) is 0 Å². The largest absolute Gasteiger partial charge is 0.490 e. The number of halogens is 3. The number of aromatic nitrogens is 4. The Balaban J connectivity index is 0.000000426. The van der Waals surface area contributed by atoms with E-state index in [0.717, 1.165) is 16.8 Å². The predicted octanol–water partition coefficient (Wildman–Crippen LogP) is 4.70. The molecule has 13 heteroatoms. The topological polar surface area (TPSA) is 150 Å². The summed E-state index contributed by atoms with van der Waals surface area (Å²) in [5.74, 6) is -4.31. The number of aliphatic carboxylic acids is 1. The summed E-state index contributed by atoms with van der Waals surface area (Å²) in [7, 11) is 1.85. The number of carboxylic acid groups (broad SMARTS) is 2. The van der Waals surface area contributed by atoms with E-state index in [1.54, 1.807) is 24.4 Å². The lowest BCUT2D eigenvalue weighted by Crippen LogP contribution is -2.21. The van der Waals surface area contributed by atoms with E-state index in [0.29, 0.717) is 27.7 Å². The number of benzene rings is 2. The predicted molar refractivity (Wildman–Crippen MR) is 131 cm³/mol. The number of hydrogen-bond donors (Lipinski definition) is 4. The number of aromatic carboxylic acids is 1. The lowest BCUT2D eigenvalue weighted by molar-refractivity contribution is -0.192. The number of pyridine rings is 1. The zero-order valence-electron chi connectivity index (χ0n) is 19.4. The van der Waals surface area contributed by atoms with Crippen molar-refractivity contribution >= 4 is 45.5 Å². The summed E-state index contributed by atoms with van der Waals surface area (Å²) < 4.78 is 33.6. The van der Waals surface area contributed by atoms with Crippen LogP contribution in [0.3, 0.4) is 0 Å².